The molecule has 2 N–H and O–H groups in total. The summed E-state index contributed by atoms with van der Waals surface area (Å²) in [5.74, 6) is 0.834. The fourth-order valence-corrected chi connectivity index (χ4v) is 3.03. The number of hydrogen-bond acceptors (Lipinski definition) is 4. The van der Waals surface area contributed by atoms with Crippen LogP contribution in [0.3, 0.4) is 0 Å². The van der Waals surface area contributed by atoms with E-state index in [4.69, 9.17) is 4.74 Å². The van der Waals surface area contributed by atoms with Crippen LogP contribution in [0.5, 0.6) is 5.75 Å². The summed E-state index contributed by atoms with van der Waals surface area (Å²) >= 11 is 0. The number of benzene rings is 2. The van der Waals surface area contributed by atoms with Gasteiger partial charge in [-0.25, -0.2) is 0 Å². The van der Waals surface area contributed by atoms with Gasteiger partial charge in [-0.3, -0.25) is 14.6 Å². The molecular formula is C26H25N3O3. The van der Waals surface area contributed by atoms with E-state index >= 15 is 0 Å². The fourth-order valence-electron chi connectivity index (χ4n) is 3.03. The van der Waals surface area contributed by atoms with Crippen molar-refractivity contribution >= 4 is 23.6 Å². The molecule has 1 saturated carbocycles. The largest absolute Gasteiger partial charge is 0.487 e. The molecule has 6 nitrogen and oxygen atoms in total. The summed E-state index contributed by atoms with van der Waals surface area (Å²) in [6.45, 7) is 0.826. The molecule has 0 radical (unpaired) electrons. The monoisotopic (exact) mass is 427 g/mol. The van der Waals surface area contributed by atoms with E-state index in [0.29, 0.717) is 13.2 Å². The van der Waals surface area contributed by atoms with Gasteiger partial charge in [-0.05, 0) is 66.4 Å². The predicted molar refractivity (Wildman–Crippen MR) is 124 cm³/mol. The lowest BCUT2D eigenvalue weighted by molar-refractivity contribution is -0.117. The van der Waals surface area contributed by atoms with Gasteiger partial charge in [-0.15, -0.1) is 0 Å². The standard InChI is InChI=1S/C26H25N3O3/c30-25(28-17-20-4-11-22(12-5-20)29-26(31)21-9-10-21)15-8-19-6-13-24(14-7-19)32-18-23-3-1-2-16-27-23/h1-8,11-16,21H,9-10,17-18H2,(H,28,30)(H,29,31). The van der Waals surface area contributed by atoms with Gasteiger partial charge in [-0.1, -0.05) is 30.3 Å². The summed E-state index contributed by atoms with van der Waals surface area (Å²) < 4.78 is 5.72. The number of aromatic nitrogens is 1. The van der Waals surface area contributed by atoms with Crippen LogP contribution in [0, 0.1) is 5.92 Å². The predicted octanol–water partition coefficient (Wildman–Crippen LogP) is 4.34. The molecule has 3 aromatic rings. The molecule has 0 unspecified atom stereocenters. The summed E-state index contributed by atoms with van der Waals surface area (Å²) in [5.41, 5.74) is 3.52. The Morgan fingerprint density at radius 2 is 1.78 bits per heavy atom. The van der Waals surface area contributed by atoms with Crippen molar-refractivity contribution in [2.75, 3.05) is 5.32 Å². The zero-order valence-corrected chi connectivity index (χ0v) is 17.7. The van der Waals surface area contributed by atoms with Gasteiger partial charge in [0.2, 0.25) is 11.8 Å². The highest BCUT2D eigenvalue weighted by Gasteiger charge is 2.29. The van der Waals surface area contributed by atoms with E-state index < -0.39 is 0 Å². The van der Waals surface area contributed by atoms with Crippen molar-refractivity contribution < 1.29 is 14.3 Å². The highest BCUT2D eigenvalue weighted by molar-refractivity contribution is 5.94. The third-order valence-electron chi connectivity index (χ3n) is 5.06. The van der Waals surface area contributed by atoms with E-state index in [0.717, 1.165) is 41.1 Å². The van der Waals surface area contributed by atoms with E-state index in [1.54, 1.807) is 12.3 Å². The van der Waals surface area contributed by atoms with Crippen molar-refractivity contribution in [3.05, 3.63) is 95.8 Å². The van der Waals surface area contributed by atoms with Crippen LogP contribution >= 0.6 is 0 Å². The smallest absolute Gasteiger partial charge is 0.244 e. The lowest BCUT2D eigenvalue weighted by atomic mass is 10.2. The van der Waals surface area contributed by atoms with E-state index in [2.05, 4.69) is 15.6 Å². The van der Waals surface area contributed by atoms with Crippen LogP contribution in [0.15, 0.2) is 79.0 Å². The topological polar surface area (TPSA) is 80.3 Å². The third kappa shape index (κ3) is 6.54. The highest BCUT2D eigenvalue weighted by Crippen LogP contribution is 2.30. The Balaban J connectivity index is 1.20. The number of carbonyl (C=O) groups excluding carboxylic acids is 2. The number of pyridine rings is 1. The number of hydrogen-bond donors (Lipinski definition) is 2. The molecule has 0 bridgehead atoms. The summed E-state index contributed by atoms with van der Waals surface area (Å²) in [5, 5.41) is 5.77. The molecule has 4 rings (SSSR count). The molecule has 1 heterocycles. The molecule has 2 aromatic carbocycles. The van der Waals surface area contributed by atoms with E-state index in [1.165, 1.54) is 6.08 Å². The molecule has 0 saturated heterocycles. The van der Waals surface area contributed by atoms with Crippen molar-refractivity contribution in [1.82, 2.24) is 10.3 Å². The molecule has 0 aliphatic heterocycles. The first-order valence-electron chi connectivity index (χ1n) is 10.6. The Morgan fingerprint density at radius 1 is 1.00 bits per heavy atom. The second kappa shape index (κ2) is 10.4. The molecule has 162 valence electrons. The Hall–Kier alpha value is -3.93. The first kappa shape index (κ1) is 21.3. The van der Waals surface area contributed by atoms with Gasteiger partial charge in [0, 0.05) is 30.4 Å². The molecule has 2 amide bonds. The zero-order valence-electron chi connectivity index (χ0n) is 17.7. The van der Waals surface area contributed by atoms with Crippen LogP contribution in [0.1, 0.15) is 29.7 Å². The van der Waals surface area contributed by atoms with Crippen molar-refractivity contribution in [2.24, 2.45) is 5.92 Å². The van der Waals surface area contributed by atoms with Gasteiger partial charge in [-0.2, -0.15) is 0 Å². The van der Waals surface area contributed by atoms with Gasteiger partial charge in [0.05, 0.1) is 5.69 Å². The Labute approximate surface area is 187 Å². The van der Waals surface area contributed by atoms with Gasteiger partial charge in [0.1, 0.15) is 12.4 Å². The molecule has 0 spiro atoms. The van der Waals surface area contributed by atoms with Gasteiger partial charge in [0.25, 0.3) is 0 Å². The van der Waals surface area contributed by atoms with Gasteiger partial charge < -0.3 is 15.4 Å². The molecule has 1 aromatic heterocycles. The summed E-state index contributed by atoms with van der Waals surface area (Å²) in [6.07, 6.45) is 6.96. The van der Waals surface area contributed by atoms with Crippen LogP contribution in [-0.4, -0.2) is 16.8 Å². The lowest BCUT2D eigenvalue weighted by Crippen LogP contribution is -2.20. The quantitative estimate of drug-likeness (QED) is 0.498. The van der Waals surface area contributed by atoms with Gasteiger partial charge >= 0.3 is 0 Å². The SMILES string of the molecule is O=C(C=Cc1ccc(OCc2ccccn2)cc1)NCc1ccc(NC(=O)C2CC2)cc1. The maximum Gasteiger partial charge on any atom is 0.244 e. The minimum Gasteiger partial charge on any atom is -0.487 e. The van der Waals surface area contributed by atoms with Crippen LogP contribution in [0.4, 0.5) is 5.69 Å². The number of nitrogens with zero attached hydrogens (tertiary/aromatic N) is 1. The maximum atomic E-state index is 12.1. The second-order valence-corrected chi connectivity index (χ2v) is 7.69. The number of carbonyl (C=O) groups is 2. The number of ether oxygens (including phenoxy) is 1. The van der Waals surface area contributed by atoms with Crippen LogP contribution in [0.25, 0.3) is 6.08 Å². The number of anilines is 1. The number of amides is 2. The van der Waals surface area contributed by atoms with E-state index in [-0.39, 0.29) is 17.7 Å². The average Bonchev–Trinajstić information content (AvgIpc) is 3.68. The van der Waals surface area contributed by atoms with Crippen molar-refractivity contribution in [3.8, 4) is 5.75 Å². The lowest BCUT2D eigenvalue weighted by Gasteiger charge is -2.07. The van der Waals surface area contributed by atoms with Crippen molar-refractivity contribution in [2.45, 2.75) is 26.0 Å². The van der Waals surface area contributed by atoms with Crippen molar-refractivity contribution in [3.63, 3.8) is 0 Å². The second-order valence-electron chi connectivity index (χ2n) is 7.69. The van der Waals surface area contributed by atoms with Crippen LogP contribution in [0.2, 0.25) is 0 Å². The van der Waals surface area contributed by atoms with E-state index in [9.17, 15) is 9.59 Å². The fraction of sp³-hybridized carbons (Fsp3) is 0.192. The molecular weight excluding hydrogens is 402 g/mol. The minimum atomic E-state index is -0.174. The van der Waals surface area contributed by atoms with Gasteiger partial charge in [0.15, 0.2) is 0 Å². The summed E-state index contributed by atoms with van der Waals surface area (Å²) in [7, 11) is 0. The normalized spacial score (nSPS) is 13.0. The average molecular weight is 428 g/mol. The van der Waals surface area contributed by atoms with Crippen LogP contribution in [-0.2, 0) is 22.7 Å². The van der Waals surface area contributed by atoms with Crippen LogP contribution < -0.4 is 15.4 Å². The first-order chi connectivity index (χ1) is 15.7. The first-order valence-corrected chi connectivity index (χ1v) is 10.6. The summed E-state index contributed by atoms with van der Waals surface area (Å²) in [6, 6.07) is 20.7. The number of nitrogens with one attached hydrogen (secondary N) is 2. The maximum absolute atomic E-state index is 12.1. The molecule has 32 heavy (non-hydrogen) atoms. The van der Waals surface area contributed by atoms with E-state index in [1.807, 2.05) is 66.7 Å². The zero-order chi connectivity index (χ0) is 22.2. The van der Waals surface area contributed by atoms with Crippen molar-refractivity contribution in [1.29, 1.82) is 0 Å². The molecule has 1 fully saturated rings. The molecule has 1 aliphatic carbocycles. The molecule has 1 aliphatic rings. The molecule has 6 heteroatoms. The Morgan fingerprint density at radius 3 is 2.47 bits per heavy atom. The third-order valence-corrected chi connectivity index (χ3v) is 5.06. The molecule has 0 atom stereocenters. The Bertz CT molecular complexity index is 1070. The Kier molecular flexibility index (Phi) is 6.92. The minimum absolute atomic E-state index is 0.0870. The highest BCUT2D eigenvalue weighted by atomic mass is 16.5. The number of rotatable bonds is 9. The summed E-state index contributed by atoms with van der Waals surface area (Å²) in [4.78, 5) is 28.1.